The van der Waals surface area contributed by atoms with Gasteiger partial charge >= 0.3 is 5.97 Å². The molecule has 1 N–H and O–H groups in total. The van der Waals surface area contributed by atoms with Crippen LogP contribution in [0.5, 0.6) is 11.5 Å². The van der Waals surface area contributed by atoms with E-state index in [2.05, 4.69) is 0 Å². The normalized spacial score (nSPS) is 10.3. The maximum atomic E-state index is 11.9. The van der Waals surface area contributed by atoms with Gasteiger partial charge in [0, 0.05) is 10.0 Å². The van der Waals surface area contributed by atoms with Gasteiger partial charge in [0.15, 0.2) is 0 Å². The van der Waals surface area contributed by atoms with Crippen molar-refractivity contribution in [3.8, 4) is 11.5 Å². The van der Waals surface area contributed by atoms with Crippen LogP contribution >= 0.6 is 34.8 Å². The lowest BCUT2D eigenvalue weighted by Gasteiger charge is -2.08. The van der Waals surface area contributed by atoms with Gasteiger partial charge in [-0.15, -0.1) is 0 Å². The van der Waals surface area contributed by atoms with Gasteiger partial charge < -0.3 is 9.84 Å². The van der Waals surface area contributed by atoms with Gasteiger partial charge in [-0.25, -0.2) is 4.79 Å². The molecule has 0 amide bonds. The topological polar surface area (TPSA) is 46.5 Å². The van der Waals surface area contributed by atoms with E-state index >= 15 is 0 Å². The standard InChI is InChI=1S/C13H7Cl3O3/c14-7-1-3-11(17)9(5-7)13(18)19-12-4-2-8(15)6-10(12)16/h1-6,17H. The Morgan fingerprint density at radius 3 is 2.32 bits per heavy atom. The Morgan fingerprint density at radius 1 is 1.00 bits per heavy atom. The second-order valence-electron chi connectivity index (χ2n) is 3.63. The molecule has 2 aromatic carbocycles. The molecular formula is C13H7Cl3O3. The molecule has 19 heavy (non-hydrogen) atoms. The van der Waals surface area contributed by atoms with Crippen molar-refractivity contribution in [3.63, 3.8) is 0 Å². The number of halogens is 3. The van der Waals surface area contributed by atoms with E-state index in [0.29, 0.717) is 10.0 Å². The molecule has 0 heterocycles. The van der Waals surface area contributed by atoms with Crippen LogP contribution in [0.4, 0.5) is 0 Å². The van der Waals surface area contributed by atoms with E-state index in [0.717, 1.165) is 0 Å². The maximum Gasteiger partial charge on any atom is 0.347 e. The third-order valence-corrected chi connectivity index (χ3v) is 3.04. The van der Waals surface area contributed by atoms with Crippen molar-refractivity contribution in [2.24, 2.45) is 0 Å². The Balaban J connectivity index is 2.28. The number of carbonyl (C=O) groups is 1. The quantitative estimate of drug-likeness (QED) is 0.652. The maximum absolute atomic E-state index is 11.9. The van der Waals surface area contributed by atoms with E-state index in [1.165, 1.54) is 36.4 Å². The molecule has 98 valence electrons. The lowest BCUT2D eigenvalue weighted by Crippen LogP contribution is -2.09. The monoisotopic (exact) mass is 316 g/mol. The zero-order valence-electron chi connectivity index (χ0n) is 9.36. The molecule has 0 saturated carbocycles. The first-order valence-electron chi connectivity index (χ1n) is 5.13. The molecule has 2 rings (SSSR count). The largest absolute Gasteiger partial charge is 0.507 e. The zero-order valence-corrected chi connectivity index (χ0v) is 11.6. The highest BCUT2D eigenvalue weighted by Crippen LogP contribution is 2.29. The lowest BCUT2D eigenvalue weighted by atomic mass is 10.2. The summed E-state index contributed by atoms with van der Waals surface area (Å²) in [5.74, 6) is -0.834. The number of rotatable bonds is 2. The fraction of sp³-hybridized carbons (Fsp3) is 0. The Kier molecular flexibility index (Phi) is 4.20. The van der Waals surface area contributed by atoms with Crippen molar-refractivity contribution in [3.05, 3.63) is 57.0 Å². The van der Waals surface area contributed by atoms with Crippen molar-refractivity contribution >= 4 is 40.8 Å². The number of benzene rings is 2. The molecule has 0 unspecified atom stereocenters. The molecule has 0 saturated heterocycles. The number of aromatic hydroxyl groups is 1. The van der Waals surface area contributed by atoms with Crippen molar-refractivity contribution in [2.75, 3.05) is 0 Å². The average molecular weight is 318 g/mol. The third-order valence-electron chi connectivity index (χ3n) is 2.28. The molecule has 0 radical (unpaired) electrons. The summed E-state index contributed by atoms with van der Waals surface area (Å²) in [6.45, 7) is 0. The fourth-order valence-electron chi connectivity index (χ4n) is 1.38. The number of hydrogen-bond acceptors (Lipinski definition) is 3. The summed E-state index contributed by atoms with van der Waals surface area (Å²) in [6, 6.07) is 8.52. The van der Waals surface area contributed by atoms with Gasteiger partial charge in [-0.2, -0.15) is 0 Å². The number of hydrogen-bond donors (Lipinski definition) is 1. The van der Waals surface area contributed by atoms with Gasteiger partial charge in [0.1, 0.15) is 17.1 Å². The smallest absolute Gasteiger partial charge is 0.347 e. The highest BCUT2D eigenvalue weighted by molar-refractivity contribution is 6.35. The number of esters is 1. The minimum absolute atomic E-state index is 0.0430. The molecule has 0 aromatic heterocycles. The third kappa shape index (κ3) is 3.32. The highest BCUT2D eigenvalue weighted by atomic mass is 35.5. The van der Waals surface area contributed by atoms with E-state index in [1.54, 1.807) is 0 Å². The summed E-state index contributed by atoms with van der Waals surface area (Å²) in [5, 5.41) is 10.5. The van der Waals surface area contributed by atoms with Gasteiger partial charge in [0.2, 0.25) is 0 Å². The molecule has 6 heteroatoms. The molecule has 3 nitrogen and oxygen atoms in total. The second kappa shape index (κ2) is 5.70. The van der Waals surface area contributed by atoms with E-state index in [4.69, 9.17) is 39.5 Å². The number of carbonyl (C=O) groups excluding carboxylic acids is 1. The summed E-state index contributed by atoms with van der Waals surface area (Å²) in [5.41, 5.74) is -0.0430. The van der Waals surface area contributed by atoms with Crippen LogP contribution in [0.25, 0.3) is 0 Å². The summed E-state index contributed by atoms with van der Waals surface area (Å²) >= 11 is 17.4. The molecule has 2 aromatic rings. The molecular weight excluding hydrogens is 310 g/mol. The highest BCUT2D eigenvalue weighted by Gasteiger charge is 2.15. The summed E-state index contributed by atoms with van der Waals surface area (Å²) in [4.78, 5) is 11.9. The van der Waals surface area contributed by atoms with Gasteiger partial charge in [0.05, 0.1) is 5.02 Å². The molecule has 0 bridgehead atoms. The molecule has 0 aliphatic rings. The molecule has 0 atom stereocenters. The van der Waals surface area contributed by atoms with Crippen LogP contribution in [-0.4, -0.2) is 11.1 Å². The van der Waals surface area contributed by atoms with Crippen LogP contribution in [-0.2, 0) is 0 Å². The number of phenolic OH excluding ortho intramolecular Hbond substituents is 1. The first-order valence-corrected chi connectivity index (χ1v) is 6.26. The predicted molar refractivity (Wildman–Crippen MR) is 74.5 cm³/mol. The SMILES string of the molecule is O=C(Oc1ccc(Cl)cc1Cl)c1cc(Cl)ccc1O. The van der Waals surface area contributed by atoms with Crippen molar-refractivity contribution < 1.29 is 14.6 Å². The second-order valence-corrected chi connectivity index (χ2v) is 4.91. The Bertz CT molecular complexity index is 641. The van der Waals surface area contributed by atoms with Gasteiger partial charge in [-0.3, -0.25) is 0 Å². The van der Waals surface area contributed by atoms with E-state index < -0.39 is 5.97 Å². The van der Waals surface area contributed by atoms with Crippen LogP contribution in [0.3, 0.4) is 0 Å². The van der Waals surface area contributed by atoms with Crippen LogP contribution in [0.1, 0.15) is 10.4 Å². The van der Waals surface area contributed by atoms with Crippen LogP contribution < -0.4 is 4.74 Å². The van der Waals surface area contributed by atoms with Crippen LogP contribution in [0.15, 0.2) is 36.4 Å². The molecule has 0 aliphatic carbocycles. The van der Waals surface area contributed by atoms with Gasteiger partial charge in [-0.1, -0.05) is 34.8 Å². The first kappa shape index (κ1) is 14.0. The van der Waals surface area contributed by atoms with Crippen molar-refractivity contribution in [1.29, 1.82) is 0 Å². The Hall–Kier alpha value is -1.42. The molecule has 0 fully saturated rings. The summed E-state index contributed by atoms with van der Waals surface area (Å²) in [6.07, 6.45) is 0. The molecule has 0 spiro atoms. The number of phenols is 1. The zero-order chi connectivity index (χ0) is 14.0. The van der Waals surface area contributed by atoms with E-state index in [9.17, 15) is 9.90 Å². The minimum atomic E-state index is -0.760. The fourth-order valence-corrected chi connectivity index (χ4v) is 2.00. The number of ether oxygens (including phenoxy) is 1. The van der Waals surface area contributed by atoms with Crippen molar-refractivity contribution in [2.45, 2.75) is 0 Å². The van der Waals surface area contributed by atoms with Crippen LogP contribution in [0, 0.1) is 0 Å². The van der Waals surface area contributed by atoms with E-state index in [1.807, 2.05) is 0 Å². The lowest BCUT2D eigenvalue weighted by molar-refractivity contribution is 0.0732. The van der Waals surface area contributed by atoms with Crippen molar-refractivity contribution in [1.82, 2.24) is 0 Å². The summed E-state index contributed by atoms with van der Waals surface area (Å²) in [7, 11) is 0. The molecule has 0 aliphatic heterocycles. The van der Waals surface area contributed by atoms with Gasteiger partial charge in [-0.05, 0) is 36.4 Å². The Labute approximate surface area is 124 Å². The average Bonchev–Trinajstić information content (AvgIpc) is 2.35. The van der Waals surface area contributed by atoms with Gasteiger partial charge in [0.25, 0.3) is 0 Å². The minimum Gasteiger partial charge on any atom is -0.507 e. The van der Waals surface area contributed by atoms with E-state index in [-0.39, 0.29) is 22.1 Å². The Morgan fingerprint density at radius 2 is 1.63 bits per heavy atom. The van der Waals surface area contributed by atoms with Crippen LogP contribution in [0.2, 0.25) is 15.1 Å². The first-order chi connectivity index (χ1) is 8.97. The predicted octanol–water partition coefficient (Wildman–Crippen LogP) is 4.57. The summed E-state index contributed by atoms with van der Waals surface area (Å²) < 4.78 is 5.07.